The van der Waals surface area contributed by atoms with Crippen LogP contribution in [0.4, 0.5) is 17.6 Å². The van der Waals surface area contributed by atoms with Crippen LogP contribution in [0.1, 0.15) is 35.4 Å². The molecule has 2 aliphatic heterocycles. The number of alkyl halides is 3. The van der Waals surface area contributed by atoms with Crippen LogP contribution in [0.2, 0.25) is 0 Å². The van der Waals surface area contributed by atoms with E-state index in [2.05, 4.69) is 5.10 Å². The maximum atomic E-state index is 13.6. The number of carboxylic acids is 1. The Balaban J connectivity index is 1.52. The van der Waals surface area contributed by atoms with Crippen molar-refractivity contribution >= 4 is 11.9 Å². The molecule has 0 saturated carbocycles. The molecule has 7 nitrogen and oxygen atoms in total. The minimum atomic E-state index is -4.62. The number of carboxylic acid groups (broad SMARTS) is 1. The normalized spacial score (nSPS) is 19.4. The van der Waals surface area contributed by atoms with Gasteiger partial charge in [-0.3, -0.25) is 19.2 Å². The largest absolute Gasteiger partial charge is 0.481 e. The molecule has 0 aliphatic carbocycles. The third-order valence-electron chi connectivity index (χ3n) is 6.22. The minimum Gasteiger partial charge on any atom is -0.481 e. The number of carbonyl (C=O) groups is 2. The number of halogens is 4. The number of aliphatic carboxylic acids is 1. The summed E-state index contributed by atoms with van der Waals surface area (Å²) in [6.07, 6.45) is -3.36. The zero-order chi connectivity index (χ0) is 23.8. The number of carbonyl (C=O) groups excluding carboxylic acids is 1. The molecule has 1 aromatic carbocycles. The molecule has 0 spiro atoms. The van der Waals surface area contributed by atoms with Gasteiger partial charge in [0.15, 0.2) is 5.69 Å². The van der Waals surface area contributed by atoms with Gasteiger partial charge in [0.05, 0.1) is 31.2 Å². The second kappa shape index (κ2) is 9.12. The number of hydrogen-bond acceptors (Lipinski definition) is 4. The van der Waals surface area contributed by atoms with Crippen LogP contribution in [-0.2, 0) is 35.3 Å². The summed E-state index contributed by atoms with van der Waals surface area (Å²) in [6.45, 7) is 1.04. The van der Waals surface area contributed by atoms with Gasteiger partial charge >= 0.3 is 12.1 Å². The lowest BCUT2D eigenvalue weighted by atomic mass is 9.98. The van der Waals surface area contributed by atoms with E-state index in [9.17, 15) is 32.3 Å². The van der Waals surface area contributed by atoms with Gasteiger partial charge in [-0.15, -0.1) is 0 Å². The van der Waals surface area contributed by atoms with E-state index in [1.54, 1.807) is 4.90 Å². The average molecular weight is 468 g/mol. The van der Waals surface area contributed by atoms with Crippen molar-refractivity contribution in [2.75, 3.05) is 26.2 Å². The zero-order valence-electron chi connectivity index (χ0n) is 17.8. The molecule has 0 bridgehead atoms. The fourth-order valence-corrected chi connectivity index (χ4v) is 4.51. The molecule has 1 unspecified atom stereocenters. The van der Waals surface area contributed by atoms with Gasteiger partial charge in [0.25, 0.3) is 0 Å². The minimum absolute atomic E-state index is 0.0192. The summed E-state index contributed by atoms with van der Waals surface area (Å²) in [4.78, 5) is 27.5. The zero-order valence-corrected chi connectivity index (χ0v) is 17.8. The van der Waals surface area contributed by atoms with Crippen LogP contribution < -0.4 is 0 Å². The van der Waals surface area contributed by atoms with E-state index in [-0.39, 0.29) is 50.6 Å². The van der Waals surface area contributed by atoms with Gasteiger partial charge in [-0.25, -0.2) is 4.39 Å². The van der Waals surface area contributed by atoms with Gasteiger partial charge in [0.2, 0.25) is 5.91 Å². The quantitative estimate of drug-likeness (QED) is 0.683. The third kappa shape index (κ3) is 5.18. The summed E-state index contributed by atoms with van der Waals surface area (Å²) in [6, 6.07) is 5.43. The molecule has 4 rings (SSSR count). The fraction of sp³-hybridized carbons (Fsp3) is 0.500. The lowest BCUT2D eigenvalue weighted by Gasteiger charge is -2.33. The van der Waals surface area contributed by atoms with Crippen LogP contribution in [0.3, 0.4) is 0 Å². The molecule has 33 heavy (non-hydrogen) atoms. The van der Waals surface area contributed by atoms with Crippen molar-refractivity contribution in [2.45, 2.75) is 38.5 Å². The molecule has 0 radical (unpaired) electrons. The highest BCUT2D eigenvalue weighted by molar-refractivity contribution is 5.79. The van der Waals surface area contributed by atoms with Crippen LogP contribution in [-0.4, -0.2) is 62.7 Å². The Morgan fingerprint density at radius 2 is 1.88 bits per heavy atom. The topological polar surface area (TPSA) is 78.7 Å². The second-order valence-electron chi connectivity index (χ2n) is 8.53. The van der Waals surface area contributed by atoms with Gasteiger partial charge in [0.1, 0.15) is 5.82 Å². The van der Waals surface area contributed by atoms with Gasteiger partial charge in [-0.1, -0.05) is 12.1 Å². The summed E-state index contributed by atoms with van der Waals surface area (Å²) in [5, 5.41) is 13.0. The van der Waals surface area contributed by atoms with Crippen molar-refractivity contribution in [3.63, 3.8) is 0 Å². The van der Waals surface area contributed by atoms with Crippen LogP contribution in [0.25, 0.3) is 0 Å². The van der Waals surface area contributed by atoms with Crippen molar-refractivity contribution in [1.29, 1.82) is 0 Å². The molecule has 2 aromatic rings. The first-order valence-corrected chi connectivity index (χ1v) is 10.7. The van der Waals surface area contributed by atoms with Gasteiger partial charge in [-0.05, 0) is 43.5 Å². The molecule has 2 aliphatic rings. The number of piperidine rings is 1. The Morgan fingerprint density at radius 3 is 2.55 bits per heavy atom. The number of fused-ring (bicyclic) bond motifs is 1. The Morgan fingerprint density at radius 1 is 1.15 bits per heavy atom. The predicted molar refractivity (Wildman–Crippen MR) is 109 cm³/mol. The van der Waals surface area contributed by atoms with Crippen LogP contribution in [0.15, 0.2) is 24.3 Å². The Bertz CT molecular complexity index is 1040. The molecule has 1 aromatic heterocycles. The first-order valence-electron chi connectivity index (χ1n) is 10.7. The van der Waals surface area contributed by atoms with Crippen molar-refractivity contribution in [3.05, 3.63) is 52.6 Å². The number of aromatic nitrogens is 2. The molecule has 178 valence electrons. The number of likely N-dealkylation sites (tertiary alicyclic amines) is 1. The molecular formula is C22H24F4N4O3. The monoisotopic (exact) mass is 468 g/mol. The summed E-state index contributed by atoms with van der Waals surface area (Å²) in [7, 11) is 0. The summed E-state index contributed by atoms with van der Waals surface area (Å²) in [5.74, 6) is -2.11. The van der Waals surface area contributed by atoms with Crippen LogP contribution >= 0.6 is 0 Å². The van der Waals surface area contributed by atoms with E-state index >= 15 is 0 Å². The highest BCUT2D eigenvalue weighted by atomic mass is 19.4. The highest BCUT2D eigenvalue weighted by Gasteiger charge is 2.41. The van der Waals surface area contributed by atoms with E-state index in [4.69, 9.17) is 0 Å². The maximum Gasteiger partial charge on any atom is 0.435 e. The maximum absolute atomic E-state index is 13.6. The van der Waals surface area contributed by atoms with Gasteiger partial charge < -0.3 is 10.0 Å². The smallest absolute Gasteiger partial charge is 0.435 e. The summed E-state index contributed by atoms with van der Waals surface area (Å²) >= 11 is 0. The first kappa shape index (κ1) is 23.2. The molecule has 1 atom stereocenters. The molecular weight excluding hydrogens is 444 g/mol. The number of rotatable bonds is 5. The standard InChI is InChI=1S/C22H24F4N4O3/c23-16-5-3-14(4-6-16)10-30-18-12-29(9-7-17(18)20(27-30)22(24,25)26)19(31)13-28-8-1-2-15(11-28)21(32)33/h3-6,15H,1-2,7-13H2,(H,32,33). The number of benzene rings is 1. The highest BCUT2D eigenvalue weighted by Crippen LogP contribution is 2.35. The lowest BCUT2D eigenvalue weighted by Crippen LogP contribution is -2.47. The number of amides is 1. The number of nitrogens with zero attached hydrogens (tertiary/aromatic N) is 4. The average Bonchev–Trinajstić information content (AvgIpc) is 3.13. The molecule has 11 heteroatoms. The molecule has 1 saturated heterocycles. The van der Waals surface area contributed by atoms with Crippen molar-refractivity contribution in [1.82, 2.24) is 19.6 Å². The van der Waals surface area contributed by atoms with E-state index in [1.807, 2.05) is 0 Å². The SMILES string of the molecule is O=C(O)C1CCCN(CC(=O)N2CCc3c(C(F)(F)F)nn(Cc4ccc(F)cc4)c3C2)C1. The van der Waals surface area contributed by atoms with Crippen LogP contribution in [0.5, 0.6) is 0 Å². The van der Waals surface area contributed by atoms with Gasteiger partial charge in [0, 0.05) is 18.7 Å². The van der Waals surface area contributed by atoms with E-state index in [0.717, 1.165) is 0 Å². The van der Waals surface area contributed by atoms with Crippen molar-refractivity contribution in [3.8, 4) is 0 Å². The predicted octanol–water partition coefficient (Wildman–Crippen LogP) is 2.77. The fourth-order valence-electron chi connectivity index (χ4n) is 4.51. The Hall–Kier alpha value is -2.95. The first-order chi connectivity index (χ1) is 15.6. The second-order valence-corrected chi connectivity index (χ2v) is 8.53. The lowest BCUT2D eigenvalue weighted by molar-refractivity contribution is -0.145. The van der Waals surface area contributed by atoms with E-state index in [0.29, 0.717) is 30.6 Å². The molecule has 1 fully saturated rings. The van der Waals surface area contributed by atoms with Crippen molar-refractivity contribution < 1.29 is 32.3 Å². The van der Waals surface area contributed by atoms with Crippen molar-refractivity contribution in [2.24, 2.45) is 5.92 Å². The third-order valence-corrected chi connectivity index (χ3v) is 6.22. The summed E-state index contributed by atoms with van der Waals surface area (Å²) in [5.41, 5.74) is 0.0322. The molecule has 3 heterocycles. The van der Waals surface area contributed by atoms with E-state index in [1.165, 1.54) is 33.8 Å². The Labute approximate surface area is 187 Å². The molecule has 1 amide bonds. The number of hydrogen-bond donors (Lipinski definition) is 1. The van der Waals surface area contributed by atoms with E-state index < -0.39 is 29.6 Å². The Kier molecular flexibility index (Phi) is 6.42. The van der Waals surface area contributed by atoms with Crippen LogP contribution in [0, 0.1) is 11.7 Å². The summed E-state index contributed by atoms with van der Waals surface area (Å²) < 4.78 is 55.2. The van der Waals surface area contributed by atoms with Gasteiger partial charge in [-0.2, -0.15) is 18.3 Å². The molecule has 1 N–H and O–H groups in total.